The van der Waals surface area contributed by atoms with Crippen LogP contribution in [0.5, 0.6) is 0 Å². The Hall–Kier alpha value is -2.12. The van der Waals surface area contributed by atoms with Gasteiger partial charge in [-0.05, 0) is 31.5 Å². The largest absolute Gasteiger partial charge is 0.308 e. The van der Waals surface area contributed by atoms with Gasteiger partial charge in [-0.3, -0.25) is 4.68 Å². The van der Waals surface area contributed by atoms with Gasteiger partial charge in [0.05, 0.1) is 17.3 Å². The third kappa shape index (κ3) is 3.01. The van der Waals surface area contributed by atoms with Crippen LogP contribution in [-0.4, -0.2) is 9.78 Å². The first kappa shape index (κ1) is 13.3. The Kier molecular flexibility index (Phi) is 3.98. The van der Waals surface area contributed by atoms with Crippen LogP contribution in [0.3, 0.4) is 0 Å². The number of benzene rings is 1. The lowest BCUT2D eigenvalue weighted by molar-refractivity contribution is 0.684. The molecule has 0 bridgehead atoms. The summed E-state index contributed by atoms with van der Waals surface area (Å²) < 4.78 is 1.91. The minimum atomic E-state index is 0.702. The number of aryl methyl sites for hydroxylation is 2. The van der Waals surface area contributed by atoms with Crippen molar-refractivity contribution in [3.63, 3.8) is 0 Å². The van der Waals surface area contributed by atoms with E-state index in [1.807, 2.05) is 42.9 Å². The van der Waals surface area contributed by atoms with E-state index in [1.165, 1.54) is 11.3 Å². The molecule has 0 aliphatic heterocycles. The number of hydrogen-bond acceptors (Lipinski definition) is 3. The number of nitrogens with one attached hydrogen (secondary N) is 1. The van der Waals surface area contributed by atoms with Crippen LogP contribution in [0.15, 0.2) is 24.3 Å². The summed E-state index contributed by atoms with van der Waals surface area (Å²) in [6.45, 7) is 5.65. The normalized spacial score (nSPS) is 10.4. The van der Waals surface area contributed by atoms with E-state index >= 15 is 0 Å². The molecule has 1 aromatic carbocycles. The number of rotatable bonds is 4. The SMILES string of the molecule is Cc1nn(C)c(C)c1CNCc1cccc(C#N)c1. The highest BCUT2D eigenvalue weighted by Gasteiger charge is 2.08. The maximum absolute atomic E-state index is 8.86. The second kappa shape index (κ2) is 5.68. The van der Waals surface area contributed by atoms with Crippen LogP contribution in [0.1, 0.15) is 28.1 Å². The molecule has 4 nitrogen and oxygen atoms in total. The van der Waals surface area contributed by atoms with Crippen LogP contribution in [0.25, 0.3) is 0 Å². The molecule has 0 aliphatic rings. The summed E-state index contributed by atoms with van der Waals surface area (Å²) in [6, 6.07) is 9.82. The Balaban J connectivity index is 1.98. The van der Waals surface area contributed by atoms with Gasteiger partial charge in [0.1, 0.15) is 0 Å². The van der Waals surface area contributed by atoms with Crippen molar-refractivity contribution in [1.29, 1.82) is 5.26 Å². The zero-order valence-electron chi connectivity index (χ0n) is 11.6. The summed E-state index contributed by atoms with van der Waals surface area (Å²) in [5.41, 5.74) is 5.33. The van der Waals surface area contributed by atoms with Crippen molar-refractivity contribution in [1.82, 2.24) is 15.1 Å². The standard InChI is InChI=1S/C15H18N4/c1-11-15(12(2)19(3)18-11)10-17-9-14-6-4-5-13(7-14)8-16/h4-7,17H,9-10H2,1-3H3. The van der Waals surface area contributed by atoms with Crippen molar-refractivity contribution in [2.45, 2.75) is 26.9 Å². The number of nitriles is 1. The van der Waals surface area contributed by atoms with Gasteiger partial charge < -0.3 is 5.32 Å². The van der Waals surface area contributed by atoms with Crippen molar-refractivity contribution >= 4 is 0 Å². The molecule has 0 aliphatic carbocycles. The van der Waals surface area contributed by atoms with Crippen molar-refractivity contribution < 1.29 is 0 Å². The highest BCUT2D eigenvalue weighted by atomic mass is 15.3. The van der Waals surface area contributed by atoms with E-state index in [-0.39, 0.29) is 0 Å². The Bertz CT molecular complexity index is 620. The monoisotopic (exact) mass is 254 g/mol. The average Bonchev–Trinajstić information content (AvgIpc) is 2.65. The van der Waals surface area contributed by atoms with Gasteiger partial charge in [0.2, 0.25) is 0 Å². The molecule has 2 rings (SSSR count). The lowest BCUT2D eigenvalue weighted by Crippen LogP contribution is -2.14. The predicted molar refractivity (Wildman–Crippen MR) is 74.4 cm³/mol. The molecule has 0 amide bonds. The zero-order chi connectivity index (χ0) is 13.8. The number of hydrogen-bond donors (Lipinski definition) is 1. The minimum Gasteiger partial charge on any atom is -0.308 e. The molecule has 0 fully saturated rings. The van der Waals surface area contributed by atoms with Gasteiger partial charge in [0.15, 0.2) is 0 Å². The molecule has 0 spiro atoms. The Morgan fingerprint density at radius 1 is 1.32 bits per heavy atom. The van der Waals surface area contributed by atoms with Crippen LogP contribution in [0, 0.1) is 25.2 Å². The van der Waals surface area contributed by atoms with Gasteiger partial charge in [-0.25, -0.2) is 0 Å². The summed E-state index contributed by atoms with van der Waals surface area (Å²) in [4.78, 5) is 0. The minimum absolute atomic E-state index is 0.702. The van der Waals surface area contributed by atoms with Crippen LogP contribution in [0.2, 0.25) is 0 Å². The Morgan fingerprint density at radius 3 is 2.74 bits per heavy atom. The lowest BCUT2D eigenvalue weighted by atomic mass is 10.1. The third-order valence-corrected chi connectivity index (χ3v) is 3.35. The predicted octanol–water partition coefficient (Wildman–Crippen LogP) is 2.20. The van der Waals surface area contributed by atoms with Crippen LogP contribution < -0.4 is 5.32 Å². The molecule has 0 atom stereocenters. The quantitative estimate of drug-likeness (QED) is 0.910. The molecular weight excluding hydrogens is 236 g/mol. The zero-order valence-corrected chi connectivity index (χ0v) is 11.6. The molecule has 19 heavy (non-hydrogen) atoms. The molecule has 4 heteroatoms. The number of aromatic nitrogens is 2. The molecule has 2 aromatic rings. The Morgan fingerprint density at radius 2 is 2.11 bits per heavy atom. The fourth-order valence-electron chi connectivity index (χ4n) is 2.16. The first-order valence-electron chi connectivity index (χ1n) is 6.30. The fraction of sp³-hybridized carbons (Fsp3) is 0.333. The molecule has 0 saturated heterocycles. The summed E-state index contributed by atoms with van der Waals surface area (Å²) >= 11 is 0. The van der Waals surface area contributed by atoms with Crippen LogP contribution in [0.4, 0.5) is 0 Å². The summed E-state index contributed by atoms with van der Waals surface area (Å²) in [5, 5.41) is 16.7. The van der Waals surface area contributed by atoms with Gasteiger partial charge in [-0.15, -0.1) is 0 Å². The van der Waals surface area contributed by atoms with Gasteiger partial charge >= 0.3 is 0 Å². The molecule has 0 unspecified atom stereocenters. The highest BCUT2D eigenvalue weighted by Crippen LogP contribution is 2.11. The molecule has 0 saturated carbocycles. The fourth-order valence-corrected chi connectivity index (χ4v) is 2.16. The van der Waals surface area contributed by atoms with Crippen LogP contribution >= 0.6 is 0 Å². The molecule has 1 heterocycles. The van der Waals surface area contributed by atoms with E-state index in [1.54, 1.807) is 0 Å². The molecular formula is C15H18N4. The van der Waals surface area contributed by atoms with Crippen molar-refractivity contribution in [3.8, 4) is 6.07 Å². The number of nitrogens with zero attached hydrogens (tertiary/aromatic N) is 3. The average molecular weight is 254 g/mol. The Labute approximate surface area is 113 Å². The van der Waals surface area contributed by atoms with Crippen molar-refractivity contribution in [2.24, 2.45) is 7.05 Å². The highest BCUT2D eigenvalue weighted by molar-refractivity contribution is 5.32. The molecule has 1 aromatic heterocycles. The van der Waals surface area contributed by atoms with Gasteiger partial charge in [-0.2, -0.15) is 10.4 Å². The lowest BCUT2D eigenvalue weighted by Gasteiger charge is -2.06. The summed E-state index contributed by atoms with van der Waals surface area (Å²) in [7, 11) is 1.96. The van der Waals surface area contributed by atoms with Gasteiger partial charge in [0, 0.05) is 31.4 Å². The maximum Gasteiger partial charge on any atom is 0.0991 e. The van der Waals surface area contributed by atoms with E-state index in [0.717, 1.165) is 24.3 Å². The van der Waals surface area contributed by atoms with E-state index in [4.69, 9.17) is 5.26 Å². The smallest absolute Gasteiger partial charge is 0.0991 e. The van der Waals surface area contributed by atoms with E-state index in [9.17, 15) is 0 Å². The maximum atomic E-state index is 8.86. The van der Waals surface area contributed by atoms with E-state index in [2.05, 4.69) is 23.4 Å². The van der Waals surface area contributed by atoms with Gasteiger partial charge in [-0.1, -0.05) is 12.1 Å². The summed E-state index contributed by atoms with van der Waals surface area (Å²) in [5.74, 6) is 0. The first-order valence-corrected chi connectivity index (χ1v) is 6.30. The van der Waals surface area contributed by atoms with E-state index < -0.39 is 0 Å². The van der Waals surface area contributed by atoms with Crippen molar-refractivity contribution in [3.05, 3.63) is 52.3 Å². The first-order chi connectivity index (χ1) is 9.11. The van der Waals surface area contributed by atoms with Crippen LogP contribution in [-0.2, 0) is 20.1 Å². The second-order valence-corrected chi connectivity index (χ2v) is 4.69. The second-order valence-electron chi connectivity index (χ2n) is 4.69. The van der Waals surface area contributed by atoms with Crippen molar-refractivity contribution in [2.75, 3.05) is 0 Å². The molecule has 98 valence electrons. The third-order valence-electron chi connectivity index (χ3n) is 3.35. The molecule has 0 radical (unpaired) electrons. The van der Waals surface area contributed by atoms with E-state index in [0.29, 0.717) is 5.56 Å². The summed E-state index contributed by atoms with van der Waals surface area (Å²) in [6.07, 6.45) is 0. The topological polar surface area (TPSA) is 53.6 Å². The van der Waals surface area contributed by atoms with Gasteiger partial charge in [0.25, 0.3) is 0 Å². The molecule has 1 N–H and O–H groups in total.